The lowest BCUT2D eigenvalue weighted by Crippen LogP contribution is -2.49. The molecule has 0 radical (unpaired) electrons. The molecule has 0 N–H and O–H groups in total. The van der Waals surface area contributed by atoms with Gasteiger partial charge in [0.2, 0.25) is 0 Å². The molecular formula is C18H32N2. The van der Waals surface area contributed by atoms with Crippen LogP contribution in [0.5, 0.6) is 0 Å². The van der Waals surface area contributed by atoms with Gasteiger partial charge in [0, 0.05) is 12.1 Å². The third-order valence-electron chi connectivity index (χ3n) is 6.83. The van der Waals surface area contributed by atoms with Crippen molar-refractivity contribution in [1.29, 1.82) is 0 Å². The largest absolute Gasteiger partial charge is 0.300 e. The molecule has 2 aliphatic heterocycles. The van der Waals surface area contributed by atoms with Gasteiger partial charge in [-0.25, -0.2) is 0 Å². The Bertz CT molecular complexity index is 313. The van der Waals surface area contributed by atoms with Crippen LogP contribution in [0.2, 0.25) is 0 Å². The minimum Gasteiger partial charge on any atom is -0.300 e. The first-order valence-electron chi connectivity index (χ1n) is 9.38. The van der Waals surface area contributed by atoms with Crippen molar-refractivity contribution in [2.24, 2.45) is 11.8 Å². The summed E-state index contributed by atoms with van der Waals surface area (Å²) in [5.41, 5.74) is 0. The van der Waals surface area contributed by atoms with Gasteiger partial charge in [0.05, 0.1) is 0 Å². The minimum atomic E-state index is 0.919. The van der Waals surface area contributed by atoms with E-state index in [1.165, 1.54) is 64.7 Å². The fourth-order valence-electron chi connectivity index (χ4n) is 5.70. The predicted molar refractivity (Wildman–Crippen MR) is 83.9 cm³/mol. The van der Waals surface area contributed by atoms with E-state index in [1.807, 2.05) is 0 Å². The van der Waals surface area contributed by atoms with Crippen molar-refractivity contribution >= 4 is 0 Å². The fourth-order valence-corrected chi connectivity index (χ4v) is 5.70. The minimum absolute atomic E-state index is 0.919. The van der Waals surface area contributed by atoms with Gasteiger partial charge in [0.25, 0.3) is 0 Å². The summed E-state index contributed by atoms with van der Waals surface area (Å²) in [5.74, 6) is 2.18. The first kappa shape index (κ1) is 13.6. The average Bonchev–Trinajstić information content (AvgIpc) is 3.02. The Morgan fingerprint density at radius 3 is 1.95 bits per heavy atom. The van der Waals surface area contributed by atoms with Crippen LogP contribution in [0.3, 0.4) is 0 Å². The van der Waals surface area contributed by atoms with E-state index in [9.17, 15) is 0 Å². The molecule has 2 nitrogen and oxygen atoms in total. The number of rotatable bonds is 2. The van der Waals surface area contributed by atoms with Gasteiger partial charge in [-0.3, -0.25) is 4.90 Å². The molecule has 2 saturated heterocycles. The molecule has 2 heteroatoms. The van der Waals surface area contributed by atoms with Gasteiger partial charge in [-0.2, -0.15) is 0 Å². The van der Waals surface area contributed by atoms with Crippen LogP contribution >= 0.6 is 0 Å². The monoisotopic (exact) mass is 276 g/mol. The summed E-state index contributed by atoms with van der Waals surface area (Å²) in [6.07, 6.45) is 14.9. The third-order valence-corrected chi connectivity index (χ3v) is 6.83. The van der Waals surface area contributed by atoms with Crippen molar-refractivity contribution in [3.05, 3.63) is 0 Å². The smallest absolute Gasteiger partial charge is 0.0126 e. The first-order valence-corrected chi connectivity index (χ1v) is 9.38. The normalized spacial score (nSPS) is 41.1. The van der Waals surface area contributed by atoms with Gasteiger partial charge >= 0.3 is 0 Å². The molecule has 4 fully saturated rings. The Kier molecular flexibility index (Phi) is 4.05. The summed E-state index contributed by atoms with van der Waals surface area (Å²) < 4.78 is 0. The van der Waals surface area contributed by atoms with Crippen LogP contribution < -0.4 is 0 Å². The predicted octanol–water partition coefficient (Wildman–Crippen LogP) is 3.52. The van der Waals surface area contributed by atoms with Gasteiger partial charge < -0.3 is 4.90 Å². The maximum atomic E-state index is 2.89. The number of likely N-dealkylation sites (tertiary alicyclic amines) is 2. The second-order valence-corrected chi connectivity index (χ2v) is 7.96. The summed E-state index contributed by atoms with van der Waals surface area (Å²) in [7, 11) is 0. The zero-order chi connectivity index (χ0) is 13.4. The lowest BCUT2D eigenvalue weighted by molar-refractivity contribution is 0.0654. The summed E-state index contributed by atoms with van der Waals surface area (Å²) in [6, 6.07) is 1.90. The quantitative estimate of drug-likeness (QED) is 0.761. The molecule has 0 aromatic rings. The number of piperidine rings is 1. The molecule has 0 aromatic carbocycles. The van der Waals surface area contributed by atoms with E-state index in [-0.39, 0.29) is 0 Å². The molecule has 2 bridgehead atoms. The molecule has 3 atom stereocenters. The van der Waals surface area contributed by atoms with Crippen LogP contribution in [0.15, 0.2) is 0 Å². The van der Waals surface area contributed by atoms with Gasteiger partial charge in [-0.15, -0.1) is 0 Å². The van der Waals surface area contributed by atoms with Crippen molar-refractivity contribution < 1.29 is 0 Å². The maximum absolute atomic E-state index is 2.89. The van der Waals surface area contributed by atoms with E-state index in [4.69, 9.17) is 0 Å². The zero-order valence-electron chi connectivity index (χ0n) is 13.1. The van der Waals surface area contributed by atoms with Crippen LogP contribution in [0.1, 0.15) is 64.2 Å². The molecule has 2 heterocycles. The second kappa shape index (κ2) is 5.96. The Hall–Kier alpha value is -0.0800. The summed E-state index contributed by atoms with van der Waals surface area (Å²) in [5, 5.41) is 0. The lowest BCUT2D eigenvalue weighted by atomic mass is 9.91. The van der Waals surface area contributed by atoms with E-state index < -0.39 is 0 Å². The molecular weight excluding hydrogens is 244 g/mol. The molecule has 0 aromatic heterocycles. The van der Waals surface area contributed by atoms with Crippen LogP contribution in [0.4, 0.5) is 0 Å². The average molecular weight is 276 g/mol. The third kappa shape index (κ3) is 2.66. The highest BCUT2D eigenvalue weighted by Gasteiger charge is 2.43. The SMILES string of the molecule is C1CCCN(C2CCN([C@H]3C[C@H]4CC[C@@H]3C4)CC2)CC1. The van der Waals surface area contributed by atoms with Crippen molar-refractivity contribution in [2.45, 2.75) is 76.3 Å². The van der Waals surface area contributed by atoms with Gasteiger partial charge in [-0.05, 0) is 83.0 Å². The molecule has 114 valence electrons. The van der Waals surface area contributed by atoms with E-state index in [2.05, 4.69) is 9.80 Å². The van der Waals surface area contributed by atoms with Gasteiger partial charge in [-0.1, -0.05) is 19.3 Å². The molecule has 0 spiro atoms. The van der Waals surface area contributed by atoms with Crippen molar-refractivity contribution in [3.8, 4) is 0 Å². The molecule has 2 saturated carbocycles. The number of nitrogens with zero attached hydrogens (tertiary/aromatic N) is 2. The summed E-state index contributed by atoms with van der Waals surface area (Å²) in [6.45, 7) is 5.57. The van der Waals surface area contributed by atoms with Crippen LogP contribution in [-0.4, -0.2) is 48.1 Å². The van der Waals surface area contributed by atoms with Crippen molar-refractivity contribution in [2.75, 3.05) is 26.2 Å². The van der Waals surface area contributed by atoms with Gasteiger partial charge in [0.1, 0.15) is 0 Å². The molecule has 20 heavy (non-hydrogen) atoms. The zero-order valence-corrected chi connectivity index (χ0v) is 13.1. The summed E-state index contributed by atoms with van der Waals surface area (Å²) >= 11 is 0. The Labute approximate surface area is 124 Å². The summed E-state index contributed by atoms with van der Waals surface area (Å²) in [4.78, 5) is 5.73. The highest BCUT2D eigenvalue weighted by molar-refractivity contribution is 4.97. The van der Waals surface area contributed by atoms with Crippen molar-refractivity contribution in [1.82, 2.24) is 9.80 Å². The van der Waals surface area contributed by atoms with E-state index >= 15 is 0 Å². The Morgan fingerprint density at radius 1 is 0.600 bits per heavy atom. The first-order chi connectivity index (χ1) is 9.90. The maximum Gasteiger partial charge on any atom is 0.0126 e. The Morgan fingerprint density at radius 2 is 1.35 bits per heavy atom. The van der Waals surface area contributed by atoms with Gasteiger partial charge in [0.15, 0.2) is 0 Å². The lowest BCUT2D eigenvalue weighted by Gasteiger charge is -2.42. The molecule has 4 aliphatic rings. The standard InChI is InChI=1S/C18H32N2/c1-2-4-10-19(9-3-1)17-7-11-20(12-8-17)18-14-15-5-6-16(18)13-15/h15-18H,1-14H2/t15-,16+,18-/m0/s1. The Balaban J connectivity index is 1.29. The highest BCUT2D eigenvalue weighted by atomic mass is 15.2. The fraction of sp³-hybridized carbons (Fsp3) is 1.00. The number of hydrogen-bond acceptors (Lipinski definition) is 2. The van der Waals surface area contributed by atoms with E-state index in [1.54, 1.807) is 25.7 Å². The molecule has 2 aliphatic carbocycles. The molecule has 0 amide bonds. The second-order valence-electron chi connectivity index (χ2n) is 7.96. The van der Waals surface area contributed by atoms with Crippen molar-refractivity contribution in [3.63, 3.8) is 0 Å². The highest BCUT2D eigenvalue weighted by Crippen LogP contribution is 2.47. The van der Waals surface area contributed by atoms with E-state index in [0.29, 0.717) is 0 Å². The van der Waals surface area contributed by atoms with E-state index in [0.717, 1.165) is 23.9 Å². The van der Waals surface area contributed by atoms with Crippen LogP contribution in [0.25, 0.3) is 0 Å². The number of hydrogen-bond donors (Lipinski definition) is 0. The van der Waals surface area contributed by atoms with Crippen LogP contribution in [0, 0.1) is 11.8 Å². The molecule has 4 rings (SSSR count). The molecule has 0 unspecified atom stereocenters. The number of fused-ring (bicyclic) bond motifs is 2. The topological polar surface area (TPSA) is 6.48 Å². The van der Waals surface area contributed by atoms with Crippen LogP contribution in [-0.2, 0) is 0 Å².